The Labute approximate surface area is 136 Å². The van der Waals surface area contributed by atoms with Crippen molar-refractivity contribution < 1.29 is 0 Å². The number of imidazole rings is 1. The molecule has 0 fully saturated rings. The standard InChI is InChI=1S/C16H23Cl2N3/c1-11(2)20(12(3)4)7-8-21-15-6-5-13(18)9-14(15)19-16(21)10-17/h5-6,9,11-12H,7-8,10H2,1-4H3. The zero-order valence-electron chi connectivity index (χ0n) is 13.1. The largest absolute Gasteiger partial charge is 0.326 e. The smallest absolute Gasteiger partial charge is 0.124 e. The molecule has 0 N–H and O–H groups in total. The van der Waals surface area contributed by atoms with Gasteiger partial charge in [-0.2, -0.15) is 0 Å². The van der Waals surface area contributed by atoms with E-state index >= 15 is 0 Å². The van der Waals surface area contributed by atoms with E-state index in [9.17, 15) is 0 Å². The highest BCUT2D eigenvalue weighted by Crippen LogP contribution is 2.22. The minimum absolute atomic E-state index is 0.412. The van der Waals surface area contributed by atoms with E-state index in [4.69, 9.17) is 23.2 Å². The number of nitrogens with zero attached hydrogens (tertiary/aromatic N) is 3. The van der Waals surface area contributed by atoms with Crippen molar-refractivity contribution in [1.29, 1.82) is 0 Å². The summed E-state index contributed by atoms with van der Waals surface area (Å²) in [6, 6.07) is 6.87. The monoisotopic (exact) mass is 327 g/mol. The van der Waals surface area contributed by atoms with Crippen molar-refractivity contribution in [2.24, 2.45) is 0 Å². The van der Waals surface area contributed by atoms with Crippen LogP contribution in [-0.4, -0.2) is 33.1 Å². The van der Waals surface area contributed by atoms with E-state index in [0.717, 1.165) is 29.9 Å². The molecule has 0 aliphatic rings. The second-order valence-corrected chi connectivity index (χ2v) is 6.58. The van der Waals surface area contributed by atoms with Gasteiger partial charge >= 0.3 is 0 Å². The Balaban J connectivity index is 2.28. The highest BCUT2D eigenvalue weighted by molar-refractivity contribution is 6.31. The maximum absolute atomic E-state index is 6.05. The lowest BCUT2D eigenvalue weighted by molar-refractivity contribution is 0.168. The predicted molar refractivity (Wildman–Crippen MR) is 91.3 cm³/mol. The normalized spacial score (nSPS) is 12.2. The fourth-order valence-electron chi connectivity index (χ4n) is 2.83. The van der Waals surface area contributed by atoms with E-state index in [2.05, 4.69) is 42.1 Å². The van der Waals surface area contributed by atoms with E-state index in [-0.39, 0.29) is 0 Å². The molecule has 1 heterocycles. The number of alkyl halides is 1. The third-order valence-electron chi connectivity index (χ3n) is 3.82. The molecule has 5 heteroatoms. The van der Waals surface area contributed by atoms with Crippen molar-refractivity contribution >= 4 is 34.2 Å². The summed E-state index contributed by atoms with van der Waals surface area (Å²) >= 11 is 12.1. The van der Waals surface area contributed by atoms with Crippen molar-refractivity contribution in [3.05, 3.63) is 29.0 Å². The second-order valence-electron chi connectivity index (χ2n) is 5.87. The SMILES string of the molecule is CC(C)N(CCn1c(CCl)nc2cc(Cl)ccc21)C(C)C. The summed E-state index contributed by atoms with van der Waals surface area (Å²) in [5.41, 5.74) is 2.02. The van der Waals surface area contributed by atoms with Gasteiger partial charge < -0.3 is 4.57 Å². The molecular formula is C16H23Cl2N3. The van der Waals surface area contributed by atoms with E-state index in [1.807, 2.05) is 18.2 Å². The van der Waals surface area contributed by atoms with Crippen LogP contribution < -0.4 is 0 Å². The van der Waals surface area contributed by atoms with Gasteiger partial charge in [-0.1, -0.05) is 11.6 Å². The summed E-state index contributed by atoms with van der Waals surface area (Å²) in [6.45, 7) is 10.8. The fraction of sp³-hybridized carbons (Fsp3) is 0.562. The molecule has 0 saturated heterocycles. The molecule has 0 unspecified atom stereocenters. The molecule has 3 nitrogen and oxygen atoms in total. The molecule has 0 amide bonds. The summed E-state index contributed by atoms with van der Waals surface area (Å²) in [7, 11) is 0. The lowest BCUT2D eigenvalue weighted by Gasteiger charge is -2.30. The first-order valence-corrected chi connectivity index (χ1v) is 8.31. The Morgan fingerprint density at radius 1 is 1.19 bits per heavy atom. The van der Waals surface area contributed by atoms with Crippen LogP contribution >= 0.6 is 23.2 Å². The summed E-state index contributed by atoms with van der Waals surface area (Å²) < 4.78 is 2.20. The van der Waals surface area contributed by atoms with E-state index in [1.165, 1.54) is 0 Å². The van der Waals surface area contributed by atoms with Gasteiger partial charge in [0, 0.05) is 30.2 Å². The Morgan fingerprint density at radius 3 is 2.43 bits per heavy atom. The quantitative estimate of drug-likeness (QED) is 0.726. The maximum atomic E-state index is 6.05. The molecule has 0 spiro atoms. The highest BCUT2D eigenvalue weighted by atomic mass is 35.5. The fourth-order valence-corrected chi connectivity index (χ4v) is 3.20. The Hall–Kier alpha value is -0.770. The molecule has 0 radical (unpaired) electrons. The average Bonchev–Trinajstić information content (AvgIpc) is 2.75. The molecule has 116 valence electrons. The van der Waals surface area contributed by atoms with Crippen molar-refractivity contribution in [1.82, 2.24) is 14.5 Å². The van der Waals surface area contributed by atoms with Crippen LogP contribution in [0.1, 0.15) is 33.5 Å². The van der Waals surface area contributed by atoms with Gasteiger partial charge in [-0.3, -0.25) is 4.90 Å². The van der Waals surface area contributed by atoms with Gasteiger partial charge in [0.25, 0.3) is 0 Å². The van der Waals surface area contributed by atoms with Gasteiger partial charge in [-0.25, -0.2) is 4.98 Å². The molecule has 0 bridgehead atoms. The number of rotatable bonds is 6. The highest BCUT2D eigenvalue weighted by Gasteiger charge is 2.15. The number of benzene rings is 1. The molecule has 1 aromatic carbocycles. The molecule has 0 atom stereocenters. The molecular weight excluding hydrogens is 305 g/mol. The van der Waals surface area contributed by atoms with Gasteiger partial charge in [-0.05, 0) is 45.9 Å². The van der Waals surface area contributed by atoms with Crippen molar-refractivity contribution in [3.8, 4) is 0 Å². The number of aromatic nitrogens is 2. The van der Waals surface area contributed by atoms with Gasteiger partial charge in [0.15, 0.2) is 0 Å². The minimum Gasteiger partial charge on any atom is -0.326 e. The topological polar surface area (TPSA) is 21.1 Å². The van der Waals surface area contributed by atoms with Gasteiger partial charge in [0.05, 0.1) is 16.9 Å². The lowest BCUT2D eigenvalue weighted by atomic mass is 10.2. The molecule has 21 heavy (non-hydrogen) atoms. The summed E-state index contributed by atoms with van der Waals surface area (Å²) in [6.07, 6.45) is 0. The first-order valence-electron chi connectivity index (χ1n) is 7.40. The molecule has 0 saturated carbocycles. The Bertz CT molecular complexity index is 597. The van der Waals surface area contributed by atoms with Gasteiger partial charge in [0.1, 0.15) is 5.82 Å². The van der Waals surface area contributed by atoms with Crippen LogP contribution in [0.15, 0.2) is 18.2 Å². The van der Waals surface area contributed by atoms with E-state index in [1.54, 1.807) is 0 Å². The van der Waals surface area contributed by atoms with Crippen LogP contribution in [0.2, 0.25) is 5.02 Å². The van der Waals surface area contributed by atoms with Crippen LogP contribution in [0.5, 0.6) is 0 Å². The summed E-state index contributed by atoms with van der Waals surface area (Å²) in [4.78, 5) is 7.06. The number of fused-ring (bicyclic) bond motifs is 1. The van der Waals surface area contributed by atoms with E-state index < -0.39 is 0 Å². The van der Waals surface area contributed by atoms with Crippen LogP contribution in [0.25, 0.3) is 11.0 Å². The van der Waals surface area contributed by atoms with Gasteiger partial charge in [0.2, 0.25) is 0 Å². The first-order chi connectivity index (χ1) is 9.93. The van der Waals surface area contributed by atoms with Crippen molar-refractivity contribution in [2.75, 3.05) is 6.54 Å². The second kappa shape index (κ2) is 6.99. The minimum atomic E-state index is 0.412. The Morgan fingerprint density at radius 2 is 1.86 bits per heavy atom. The third kappa shape index (κ3) is 3.71. The first kappa shape index (κ1) is 16.6. The number of halogens is 2. The van der Waals surface area contributed by atoms with Crippen molar-refractivity contribution in [2.45, 2.75) is 52.2 Å². The van der Waals surface area contributed by atoms with Crippen LogP contribution in [0, 0.1) is 0 Å². The molecule has 0 aliphatic carbocycles. The summed E-state index contributed by atoms with van der Waals surface area (Å²) in [5, 5.41) is 0.708. The van der Waals surface area contributed by atoms with Gasteiger partial charge in [-0.15, -0.1) is 11.6 Å². The molecule has 1 aromatic heterocycles. The Kier molecular flexibility index (Phi) is 5.53. The van der Waals surface area contributed by atoms with Crippen molar-refractivity contribution in [3.63, 3.8) is 0 Å². The average molecular weight is 328 g/mol. The number of hydrogen-bond acceptors (Lipinski definition) is 2. The van der Waals surface area contributed by atoms with Crippen LogP contribution in [-0.2, 0) is 12.4 Å². The van der Waals surface area contributed by atoms with E-state index in [0.29, 0.717) is 23.0 Å². The number of hydrogen-bond donors (Lipinski definition) is 0. The predicted octanol–water partition coefficient (Wildman–Crippen LogP) is 4.55. The third-order valence-corrected chi connectivity index (χ3v) is 4.29. The zero-order chi connectivity index (χ0) is 15.6. The van der Waals surface area contributed by atoms with Crippen LogP contribution in [0.4, 0.5) is 0 Å². The maximum Gasteiger partial charge on any atom is 0.124 e. The molecule has 2 rings (SSSR count). The molecule has 2 aromatic rings. The zero-order valence-corrected chi connectivity index (χ0v) is 14.6. The summed E-state index contributed by atoms with van der Waals surface area (Å²) in [5.74, 6) is 1.32. The molecule has 0 aliphatic heterocycles. The lowest BCUT2D eigenvalue weighted by Crippen LogP contribution is -2.39. The van der Waals surface area contributed by atoms with Crippen LogP contribution in [0.3, 0.4) is 0 Å².